The molecule has 1 saturated heterocycles. The average Bonchev–Trinajstić information content (AvgIpc) is 2.46. The summed E-state index contributed by atoms with van der Waals surface area (Å²) in [5, 5.41) is 1.01. The van der Waals surface area contributed by atoms with Crippen molar-refractivity contribution in [1.82, 2.24) is 9.80 Å². The third kappa shape index (κ3) is 4.60. The molecule has 1 fully saturated rings. The van der Waals surface area contributed by atoms with Crippen LogP contribution in [0.4, 0.5) is 0 Å². The number of amides is 1. The lowest BCUT2D eigenvalue weighted by atomic mass is 10.1. The fourth-order valence-corrected chi connectivity index (χ4v) is 3.12. The number of aryl methyl sites for hydroxylation is 2. The first-order valence-electron chi connectivity index (χ1n) is 7.30. The Labute approximate surface area is 130 Å². The molecule has 4 heteroatoms. The Balaban J connectivity index is 1.76. The smallest absolute Gasteiger partial charge is 0.222 e. The summed E-state index contributed by atoms with van der Waals surface area (Å²) in [7, 11) is 0. The van der Waals surface area contributed by atoms with Crippen molar-refractivity contribution >= 4 is 21.8 Å². The van der Waals surface area contributed by atoms with Gasteiger partial charge in [-0.15, -0.1) is 0 Å². The number of carbonyl (C=O) groups is 1. The summed E-state index contributed by atoms with van der Waals surface area (Å²) in [6, 6.07) is 8.43. The van der Waals surface area contributed by atoms with Gasteiger partial charge in [0.15, 0.2) is 0 Å². The molecule has 0 unspecified atom stereocenters. The van der Waals surface area contributed by atoms with Crippen LogP contribution in [0, 0.1) is 6.92 Å². The summed E-state index contributed by atoms with van der Waals surface area (Å²) in [6.07, 6.45) is 1.48. The second kappa shape index (κ2) is 7.79. The van der Waals surface area contributed by atoms with Gasteiger partial charge in [0, 0.05) is 44.5 Å². The van der Waals surface area contributed by atoms with Crippen molar-refractivity contribution in [2.75, 3.05) is 38.1 Å². The molecule has 20 heavy (non-hydrogen) atoms. The van der Waals surface area contributed by atoms with Crippen LogP contribution in [0.1, 0.15) is 17.5 Å². The van der Waals surface area contributed by atoms with Crippen molar-refractivity contribution in [3.8, 4) is 0 Å². The number of rotatable bonds is 5. The van der Waals surface area contributed by atoms with Crippen LogP contribution in [0.2, 0.25) is 0 Å². The summed E-state index contributed by atoms with van der Waals surface area (Å²) in [5.74, 6) is 0.296. The molecule has 0 atom stereocenters. The van der Waals surface area contributed by atoms with E-state index < -0.39 is 0 Å². The Morgan fingerprint density at radius 1 is 1.25 bits per heavy atom. The highest BCUT2D eigenvalue weighted by atomic mass is 79.9. The highest BCUT2D eigenvalue weighted by Crippen LogP contribution is 2.09. The topological polar surface area (TPSA) is 23.6 Å². The first-order valence-corrected chi connectivity index (χ1v) is 8.43. The largest absolute Gasteiger partial charge is 0.340 e. The minimum Gasteiger partial charge on any atom is -0.340 e. The summed E-state index contributed by atoms with van der Waals surface area (Å²) < 4.78 is 0. The van der Waals surface area contributed by atoms with E-state index in [1.54, 1.807) is 0 Å². The second-order valence-electron chi connectivity index (χ2n) is 5.40. The maximum absolute atomic E-state index is 12.2. The van der Waals surface area contributed by atoms with E-state index in [1.165, 1.54) is 11.1 Å². The molecule has 0 radical (unpaired) electrons. The number of hydrogen-bond donors (Lipinski definition) is 0. The molecule has 0 bridgehead atoms. The van der Waals surface area contributed by atoms with Gasteiger partial charge < -0.3 is 4.90 Å². The van der Waals surface area contributed by atoms with Gasteiger partial charge in [0.2, 0.25) is 5.91 Å². The zero-order valence-electron chi connectivity index (χ0n) is 12.1. The zero-order chi connectivity index (χ0) is 14.4. The molecule has 1 aliphatic heterocycles. The van der Waals surface area contributed by atoms with Gasteiger partial charge in [0.25, 0.3) is 0 Å². The van der Waals surface area contributed by atoms with E-state index >= 15 is 0 Å². The average molecular weight is 339 g/mol. The van der Waals surface area contributed by atoms with E-state index in [0.29, 0.717) is 12.3 Å². The van der Waals surface area contributed by atoms with Gasteiger partial charge in [-0.05, 0) is 18.9 Å². The lowest BCUT2D eigenvalue weighted by Crippen LogP contribution is -2.49. The number of nitrogens with zero attached hydrogens (tertiary/aromatic N) is 2. The highest BCUT2D eigenvalue weighted by Gasteiger charge is 2.20. The summed E-state index contributed by atoms with van der Waals surface area (Å²) in [5.41, 5.74) is 2.52. The molecule has 0 saturated carbocycles. The monoisotopic (exact) mass is 338 g/mol. The predicted molar refractivity (Wildman–Crippen MR) is 86.3 cm³/mol. The van der Waals surface area contributed by atoms with Crippen molar-refractivity contribution < 1.29 is 4.79 Å². The number of piperazine rings is 1. The fraction of sp³-hybridized carbons (Fsp3) is 0.562. The standard InChI is InChI=1S/C16H23BrN2O/c1-14-3-2-4-15(13-14)5-6-16(20)19-11-9-18(8-7-17)10-12-19/h2-4,13H,5-12H2,1H3. The first kappa shape index (κ1) is 15.5. The fourth-order valence-electron chi connectivity index (χ4n) is 2.62. The maximum atomic E-state index is 12.2. The Kier molecular flexibility index (Phi) is 6.05. The van der Waals surface area contributed by atoms with Crippen molar-refractivity contribution in [3.05, 3.63) is 35.4 Å². The van der Waals surface area contributed by atoms with Crippen molar-refractivity contribution in [2.24, 2.45) is 0 Å². The molecule has 1 aromatic carbocycles. The summed E-state index contributed by atoms with van der Waals surface area (Å²) in [6.45, 7) is 6.92. The lowest BCUT2D eigenvalue weighted by Gasteiger charge is -2.34. The normalized spacial score (nSPS) is 16.4. The van der Waals surface area contributed by atoms with Crippen LogP contribution in [-0.4, -0.2) is 53.8 Å². The number of alkyl halides is 1. The van der Waals surface area contributed by atoms with E-state index in [2.05, 4.69) is 52.0 Å². The number of hydrogen-bond acceptors (Lipinski definition) is 2. The van der Waals surface area contributed by atoms with Gasteiger partial charge >= 0.3 is 0 Å². The molecular weight excluding hydrogens is 316 g/mol. The van der Waals surface area contributed by atoms with Crippen LogP contribution in [-0.2, 0) is 11.2 Å². The number of halogens is 1. The maximum Gasteiger partial charge on any atom is 0.222 e. The van der Waals surface area contributed by atoms with Gasteiger partial charge in [0.1, 0.15) is 0 Å². The SMILES string of the molecule is Cc1cccc(CCC(=O)N2CCN(CCBr)CC2)c1. The molecule has 1 amide bonds. The van der Waals surface area contributed by atoms with E-state index in [4.69, 9.17) is 0 Å². The third-order valence-corrected chi connectivity index (χ3v) is 4.19. The molecule has 1 aromatic rings. The molecule has 1 aliphatic rings. The molecular formula is C16H23BrN2O. The Morgan fingerprint density at radius 3 is 2.65 bits per heavy atom. The first-order chi connectivity index (χ1) is 9.69. The Bertz CT molecular complexity index is 442. The molecule has 0 N–H and O–H groups in total. The van der Waals surface area contributed by atoms with Crippen LogP contribution in [0.15, 0.2) is 24.3 Å². The predicted octanol–water partition coefficient (Wildman–Crippen LogP) is 2.47. The quantitative estimate of drug-likeness (QED) is 0.770. The summed E-state index contributed by atoms with van der Waals surface area (Å²) >= 11 is 3.46. The van der Waals surface area contributed by atoms with Gasteiger partial charge in [0.05, 0.1) is 0 Å². The van der Waals surface area contributed by atoms with Crippen LogP contribution in [0.5, 0.6) is 0 Å². The molecule has 0 aliphatic carbocycles. The van der Waals surface area contributed by atoms with E-state index in [1.807, 2.05) is 4.90 Å². The minimum atomic E-state index is 0.296. The lowest BCUT2D eigenvalue weighted by molar-refractivity contribution is -0.132. The molecule has 3 nitrogen and oxygen atoms in total. The third-order valence-electron chi connectivity index (χ3n) is 3.84. The molecule has 0 spiro atoms. The van der Waals surface area contributed by atoms with E-state index in [0.717, 1.165) is 44.5 Å². The Morgan fingerprint density at radius 2 is 2.00 bits per heavy atom. The van der Waals surface area contributed by atoms with Gasteiger partial charge in [-0.2, -0.15) is 0 Å². The van der Waals surface area contributed by atoms with E-state index in [9.17, 15) is 4.79 Å². The minimum absolute atomic E-state index is 0.296. The van der Waals surface area contributed by atoms with Crippen LogP contribution in [0.25, 0.3) is 0 Å². The zero-order valence-corrected chi connectivity index (χ0v) is 13.7. The van der Waals surface area contributed by atoms with Crippen LogP contribution < -0.4 is 0 Å². The van der Waals surface area contributed by atoms with Gasteiger partial charge in [-0.3, -0.25) is 9.69 Å². The molecule has 2 rings (SSSR count). The number of carbonyl (C=O) groups excluding carboxylic acids is 1. The summed E-state index contributed by atoms with van der Waals surface area (Å²) in [4.78, 5) is 16.6. The number of benzene rings is 1. The van der Waals surface area contributed by atoms with Crippen molar-refractivity contribution in [2.45, 2.75) is 19.8 Å². The van der Waals surface area contributed by atoms with Crippen molar-refractivity contribution in [3.63, 3.8) is 0 Å². The van der Waals surface area contributed by atoms with E-state index in [-0.39, 0.29) is 0 Å². The molecule has 0 aromatic heterocycles. The molecule has 1 heterocycles. The molecule has 110 valence electrons. The van der Waals surface area contributed by atoms with Gasteiger partial charge in [-0.1, -0.05) is 45.8 Å². The van der Waals surface area contributed by atoms with Crippen LogP contribution >= 0.6 is 15.9 Å². The Hall–Kier alpha value is -0.870. The highest BCUT2D eigenvalue weighted by molar-refractivity contribution is 9.09. The van der Waals surface area contributed by atoms with Gasteiger partial charge in [-0.25, -0.2) is 0 Å². The van der Waals surface area contributed by atoms with Crippen molar-refractivity contribution in [1.29, 1.82) is 0 Å². The second-order valence-corrected chi connectivity index (χ2v) is 6.19. The van der Waals surface area contributed by atoms with Crippen LogP contribution in [0.3, 0.4) is 0 Å².